The summed E-state index contributed by atoms with van der Waals surface area (Å²) < 4.78 is 6.66. The van der Waals surface area contributed by atoms with E-state index in [-0.39, 0.29) is 5.41 Å². The lowest BCUT2D eigenvalue weighted by Crippen LogP contribution is -2.28. The van der Waals surface area contributed by atoms with Gasteiger partial charge in [-0.3, -0.25) is 0 Å². The normalized spacial score (nSPS) is 14.2. The molecule has 0 N–H and O–H groups in total. The second-order valence-electron chi connectivity index (χ2n) is 16.4. The molecule has 0 amide bonds. The average Bonchev–Trinajstić information content (AvgIpc) is 3.91. The predicted molar refractivity (Wildman–Crippen MR) is 240 cm³/mol. The van der Waals surface area contributed by atoms with E-state index in [9.17, 15) is 0 Å². The molecule has 0 atom stereocenters. The molecule has 3 nitrogen and oxygen atoms in total. The van der Waals surface area contributed by atoms with Crippen molar-refractivity contribution in [2.75, 3.05) is 0 Å². The molecular formula is C56H38N2O. The average molecular weight is 755 g/mol. The van der Waals surface area contributed by atoms with Gasteiger partial charge in [-0.05, 0) is 73.8 Å². The van der Waals surface area contributed by atoms with Crippen LogP contribution in [0.15, 0.2) is 199 Å². The van der Waals surface area contributed by atoms with E-state index in [2.05, 4.69) is 196 Å². The van der Waals surface area contributed by atoms with Gasteiger partial charge in [0.1, 0.15) is 11.2 Å². The van der Waals surface area contributed by atoms with Crippen LogP contribution < -0.4 is 0 Å². The molecule has 0 spiro atoms. The molecule has 0 unspecified atom stereocenters. The monoisotopic (exact) mass is 754 g/mol. The number of furan rings is 1. The van der Waals surface area contributed by atoms with Gasteiger partial charge in [0.15, 0.2) is 5.82 Å². The van der Waals surface area contributed by atoms with E-state index in [0.717, 1.165) is 50.0 Å². The zero-order valence-corrected chi connectivity index (χ0v) is 32.8. The summed E-state index contributed by atoms with van der Waals surface area (Å²) in [4.78, 5) is 11.1. The predicted octanol–water partition coefficient (Wildman–Crippen LogP) is 14.0. The number of aromatic nitrogens is 2. The van der Waals surface area contributed by atoms with E-state index in [1.165, 1.54) is 55.6 Å². The molecule has 12 rings (SSSR count). The van der Waals surface area contributed by atoms with Gasteiger partial charge in [-0.1, -0.05) is 190 Å². The van der Waals surface area contributed by atoms with Gasteiger partial charge < -0.3 is 4.42 Å². The molecule has 2 heterocycles. The minimum atomic E-state index is -0.529. The second-order valence-corrected chi connectivity index (χ2v) is 16.4. The Kier molecular flexibility index (Phi) is 7.19. The fourth-order valence-electron chi connectivity index (χ4n) is 10.5. The number of benzene rings is 8. The van der Waals surface area contributed by atoms with Crippen molar-refractivity contribution in [1.82, 2.24) is 9.97 Å². The van der Waals surface area contributed by atoms with Crippen molar-refractivity contribution in [1.29, 1.82) is 0 Å². The van der Waals surface area contributed by atoms with E-state index >= 15 is 0 Å². The Morgan fingerprint density at radius 1 is 0.407 bits per heavy atom. The first kappa shape index (κ1) is 33.7. The highest BCUT2D eigenvalue weighted by molar-refractivity contribution is 6.09. The van der Waals surface area contributed by atoms with Gasteiger partial charge in [-0.15, -0.1) is 0 Å². The van der Waals surface area contributed by atoms with Gasteiger partial charge in [0, 0.05) is 32.9 Å². The van der Waals surface area contributed by atoms with Crippen LogP contribution >= 0.6 is 0 Å². The molecule has 0 fully saturated rings. The van der Waals surface area contributed by atoms with Crippen LogP contribution in [0.2, 0.25) is 0 Å². The molecule has 0 saturated carbocycles. The summed E-state index contributed by atoms with van der Waals surface area (Å²) in [7, 11) is 0. The summed E-state index contributed by atoms with van der Waals surface area (Å²) >= 11 is 0. The van der Waals surface area contributed by atoms with Gasteiger partial charge in [0.25, 0.3) is 0 Å². The Morgan fingerprint density at radius 3 is 1.71 bits per heavy atom. The van der Waals surface area contributed by atoms with Crippen LogP contribution in [0, 0.1) is 0 Å². The number of hydrogen-bond acceptors (Lipinski definition) is 3. The lowest BCUT2D eigenvalue weighted by Gasteiger charge is -2.33. The highest BCUT2D eigenvalue weighted by Crippen LogP contribution is 2.58. The Balaban J connectivity index is 1.17. The maximum absolute atomic E-state index is 6.66. The van der Waals surface area contributed by atoms with Crippen LogP contribution in [0.3, 0.4) is 0 Å². The third-order valence-electron chi connectivity index (χ3n) is 13.0. The third kappa shape index (κ3) is 4.70. The molecule has 278 valence electrons. The van der Waals surface area contributed by atoms with Crippen molar-refractivity contribution in [2.45, 2.75) is 24.7 Å². The molecule has 2 aromatic heterocycles. The van der Waals surface area contributed by atoms with E-state index in [1.807, 2.05) is 12.1 Å². The number of hydrogen-bond donors (Lipinski definition) is 0. The van der Waals surface area contributed by atoms with Crippen LogP contribution in [0.1, 0.15) is 47.2 Å². The smallest absolute Gasteiger partial charge is 0.160 e. The molecule has 8 aromatic carbocycles. The maximum Gasteiger partial charge on any atom is 0.160 e. The van der Waals surface area contributed by atoms with E-state index in [4.69, 9.17) is 14.4 Å². The van der Waals surface area contributed by atoms with Crippen molar-refractivity contribution >= 4 is 21.9 Å². The largest absolute Gasteiger partial charge is 0.455 e. The fraction of sp³-hybridized carbons (Fsp3) is 0.0714. The number of fused-ring (bicyclic) bond motifs is 9. The lowest BCUT2D eigenvalue weighted by molar-refractivity contribution is 0.661. The summed E-state index contributed by atoms with van der Waals surface area (Å²) in [6.07, 6.45) is 0. The zero-order chi connectivity index (χ0) is 39.3. The van der Waals surface area contributed by atoms with Crippen LogP contribution in [0.4, 0.5) is 0 Å². The lowest BCUT2D eigenvalue weighted by atomic mass is 9.67. The standard InChI is InChI=1S/C56H38N2O/c1-55(2)45-30-12-9-22-37(45)39-25-15-29-44(52(39)55)54-57-48(34-49(58-54)43-28-16-26-40-38-23-11-14-33-50(38)59-53(40)43)42-27-17-32-47-51(42)41-24-10-13-31-46(41)56(47,35-18-5-3-6-19-35)36-20-7-4-8-21-36/h3-34H,1-2H3. The van der Waals surface area contributed by atoms with Crippen LogP contribution in [0.5, 0.6) is 0 Å². The van der Waals surface area contributed by atoms with Crippen molar-refractivity contribution in [3.63, 3.8) is 0 Å². The van der Waals surface area contributed by atoms with Crippen LogP contribution in [-0.2, 0) is 10.8 Å². The second kappa shape index (κ2) is 12.6. The molecule has 0 radical (unpaired) electrons. The zero-order valence-electron chi connectivity index (χ0n) is 32.8. The number of nitrogens with zero attached hydrogens (tertiary/aromatic N) is 2. The van der Waals surface area contributed by atoms with E-state index in [1.54, 1.807) is 0 Å². The summed E-state index contributed by atoms with van der Waals surface area (Å²) in [6, 6.07) is 69.9. The van der Waals surface area contributed by atoms with Crippen molar-refractivity contribution in [3.05, 3.63) is 228 Å². The summed E-state index contributed by atoms with van der Waals surface area (Å²) in [5, 5.41) is 2.16. The molecular weight excluding hydrogens is 717 g/mol. The van der Waals surface area contributed by atoms with Gasteiger partial charge in [-0.25, -0.2) is 9.97 Å². The quantitative estimate of drug-likeness (QED) is 0.176. The molecule has 3 heteroatoms. The van der Waals surface area contributed by atoms with E-state index in [0.29, 0.717) is 5.82 Å². The first-order valence-corrected chi connectivity index (χ1v) is 20.4. The Bertz CT molecular complexity index is 3260. The van der Waals surface area contributed by atoms with Gasteiger partial charge in [0.2, 0.25) is 0 Å². The van der Waals surface area contributed by atoms with Crippen molar-refractivity contribution in [2.24, 2.45) is 0 Å². The number of para-hydroxylation sites is 2. The van der Waals surface area contributed by atoms with Crippen molar-refractivity contribution in [3.8, 4) is 56.2 Å². The first-order valence-electron chi connectivity index (χ1n) is 20.4. The minimum absolute atomic E-state index is 0.251. The molecule has 0 bridgehead atoms. The topological polar surface area (TPSA) is 38.9 Å². The maximum atomic E-state index is 6.66. The molecule has 10 aromatic rings. The van der Waals surface area contributed by atoms with Gasteiger partial charge >= 0.3 is 0 Å². The Hall–Kier alpha value is -7.36. The molecule has 59 heavy (non-hydrogen) atoms. The molecule has 2 aliphatic carbocycles. The Labute approximate surface area is 343 Å². The minimum Gasteiger partial charge on any atom is -0.455 e. The summed E-state index contributed by atoms with van der Waals surface area (Å²) in [5.41, 5.74) is 18.1. The Morgan fingerprint density at radius 2 is 0.932 bits per heavy atom. The van der Waals surface area contributed by atoms with Gasteiger partial charge in [0.05, 0.1) is 16.8 Å². The highest BCUT2D eigenvalue weighted by atomic mass is 16.3. The molecule has 2 aliphatic rings. The molecule has 0 aliphatic heterocycles. The van der Waals surface area contributed by atoms with Gasteiger partial charge in [-0.2, -0.15) is 0 Å². The SMILES string of the molecule is CC1(C)c2ccccc2-c2cccc(-c3nc(-c4cccc5c4-c4ccccc4C5(c4ccccc4)c4ccccc4)cc(-c4cccc5c4oc4ccccc45)n3)c21. The number of rotatable bonds is 5. The molecule has 0 saturated heterocycles. The van der Waals surface area contributed by atoms with Crippen LogP contribution in [-0.4, -0.2) is 9.97 Å². The highest BCUT2D eigenvalue weighted by Gasteiger charge is 2.47. The van der Waals surface area contributed by atoms with Crippen molar-refractivity contribution < 1.29 is 4.42 Å². The van der Waals surface area contributed by atoms with E-state index < -0.39 is 5.41 Å². The summed E-state index contributed by atoms with van der Waals surface area (Å²) in [6.45, 7) is 4.66. The summed E-state index contributed by atoms with van der Waals surface area (Å²) in [5.74, 6) is 0.699. The fourth-order valence-corrected chi connectivity index (χ4v) is 10.5. The van der Waals surface area contributed by atoms with Crippen LogP contribution in [0.25, 0.3) is 78.1 Å². The third-order valence-corrected chi connectivity index (χ3v) is 13.0. The first-order chi connectivity index (χ1) is 29.0.